The Kier molecular flexibility index (Phi) is 5.64. The van der Waals surface area contributed by atoms with Gasteiger partial charge >= 0.3 is 0 Å². The van der Waals surface area contributed by atoms with Crippen LogP contribution in [0, 0.1) is 12.3 Å². The predicted octanol–water partition coefficient (Wildman–Crippen LogP) is 2.33. The van der Waals surface area contributed by atoms with Gasteiger partial charge in [-0.3, -0.25) is 0 Å². The van der Waals surface area contributed by atoms with E-state index in [2.05, 4.69) is 5.92 Å². The van der Waals surface area contributed by atoms with Gasteiger partial charge in [0.15, 0.2) is 6.29 Å². The van der Waals surface area contributed by atoms with Gasteiger partial charge in [0.2, 0.25) is 0 Å². The molecule has 0 amide bonds. The zero-order valence-corrected chi connectivity index (χ0v) is 8.13. The molecular weight excluding hydrogens is 164 g/mol. The second-order valence-electron chi connectivity index (χ2n) is 3.33. The van der Waals surface area contributed by atoms with Crippen LogP contribution in [-0.4, -0.2) is 19.5 Å². The van der Waals surface area contributed by atoms with Crippen molar-refractivity contribution < 1.29 is 9.47 Å². The Bertz CT molecular complexity index is 154. The lowest BCUT2D eigenvalue weighted by Gasteiger charge is -2.22. The molecule has 0 aromatic heterocycles. The molecule has 13 heavy (non-hydrogen) atoms. The summed E-state index contributed by atoms with van der Waals surface area (Å²) in [7, 11) is 0. The Labute approximate surface area is 80.6 Å². The van der Waals surface area contributed by atoms with Gasteiger partial charge in [-0.2, -0.15) is 0 Å². The highest BCUT2D eigenvalue weighted by molar-refractivity contribution is 4.82. The topological polar surface area (TPSA) is 18.5 Å². The van der Waals surface area contributed by atoms with E-state index >= 15 is 0 Å². The normalized spacial score (nSPS) is 22.5. The molecule has 74 valence electrons. The number of ether oxygens (including phenoxy) is 2. The fourth-order valence-electron chi connectivity index (χ4n) is 1.39. The van der Waals surface area contributed by atoms with Crippen LogP contribution in [0.15, 0.2) is 0 Å². The quantitative estimate of drug-likeness (QED) is 0.480. The van der Waals surface area contributed by atoms with Crippen LogP contribution in [-0.2, 0) is 9.47 Å². The molecule has 0 aromatic rings. The SMILES string of the molecule is C#CCCCCO[C@H]1CCCCO1. The summed E-state index contributed by atoms with van der Waals surface area (Å²) in [6, 6.07) is 0. The van der Waals surface area contributed by atoms with Crippen LogP contribution < -0.4 is 0 Å². The van der Waals surface area contributed by atoms with E-state index in [1.165, 1.54) is 12.8 Å². The molecule has 0 aliphatic carbocycles. The second kappa shape index (κ2) is 6.94. The third kappa shape index (κ3) is 4.92. The summed E-state index contributed by atoms with van der Waals surface area (Å²) in [6.07, 6.45) is 11.6. The summed E-state index contributed by atoms with van der Waals surface area (Å²) in [5, 5.41) is 0. The van der Waals surface area contributed by atoms with Crippen molar-refractivity contribution in [1.29, 1.82) is 0 Å². The van der Waals surface area contributed by atoms with Crippen LogP contribution >= 0.6 is 0 Å². The number of unbranched alkanes of at least 4 members (excludes halogenated alkanes) is 2. The Hall–Kier alpha value is -0.520. The fourth-order valence-corrected chi connectivity index (χ4v) is 1.39. The minimum absolute atomic E-state index is 0.0552. The average molecular weight is 182 g/mol. The Balaban J connectivity index is 1.90. The number of rotatable bonds is 5. The number of hydrogen-bond acceptors (Lipinski definition) is 2. The van der Waals surface area contributed by atoms with E-state index in [0.29, 0.717) is 0 Å². The summed E-state index contributed by atoms with van der Waals surface area (Å²) in [5.41, 5.74) is 0. The van der Waals surface area contributed by atoms with E-state index in [0.717, 1.165) is 38.9 Å². The number of terminal acetylenes is 1. The molecule has 1 aliphatic rings. The van der Waals surface area contributed by atoms with E-state index in [9.17, 15) is 0 Å². The molecule has 2 heteroatoms. The summed E-state index contributed by atoms with van der Waals surface area (Å²) in [5.74, 6) is 2.62. The van der Waals surface area contributed by atoms with Crippen molar-refractivity contribution in [3.63, 3.8) is 0 Å². The maximum Gasteiger partial charge on any atom is 0.157 e. The summed E-state index contributed by atoms with van der Waals surface area (Å²) < 4.78 is 11.0. The molecule has 0 unspecified atom stereocenters. The van der Waals surface area contributed by atoms with Gasteiger partial charge in [0, 0.05) is 19.6 Å². The van der Waals surface area contributed by atoms with E-state index < -0.39 is 0 Å². The van der Waals surface area contributed by atoms with Crippen LogP contribution in [0.1, 0.15) is 38.5 Å². The van der Waals surface area contributed by atoms with Crippen molar-refractivity contribution in [2.24, 2.45) is 0 Å². The molecule has 1 heterocycles. The standard InChI is InChI=1S/C11H18O2/c1-2-3-4-6-9-12-11-8-5-7-10-13-11/h1,11H,3-10H2/t11-/m1/s1. The van der Waals surface area contributed by atoms with Crippen molar-refractivity contribution >= 4 is 0 Å². The third-order valence-corrected chi connectivity index (χ3v) is 2.16. The summed E-state index contributed by atoms with van der Waals surface area (Å²) in [6.45, 7) is 1.64. The molecule has 0 saturated carbocycles. The molecule has 0 bridgehead atoms. The van der Waals surface area contributed by atoms with Gasteiger partial charge in [0.1, 0.15) is 0 Å². The molecule has 0 spiro atoms. The van der Waals surface area contributed by atoms with Crippen molar-refractivity contribution in [3.8, 4) is 12.3 Å². The van der Waals surface area contributed by atoms with Crippen LogP contribution in [0.25, 0.3) is 0 Å². The van der Waals surface area contributed by atoms with Gasteiger partial charge in [-0.15, -0.1) is 12.3 Å². The monoisotopic (exact) mass is 182 g/mol. The molecule has 0 radical (unpaired) electrons. The highest BCUT2D eigenvalue weighted by atomic mass is 16.7. The lowest BCUT2D eigenvalue weighted by atomic mass is 10.2. The Morgan fingerprint density at radius 1 is 1.38 bits per heavy atom. The first-order valence-corrected chi connectivity index (χ1v) is 5.10. The largest absolute Gasteiger partial charge is 0.353 e. The number of hydrogen-bond donors (Lipinski definition) is 0. The van der Waals surface area contributed by atoms with Crippen LogP contribution in [0.3, 0.4) is 0 Å². The molecule has 0 N–H and O–H groups in total. The maximum atomic E-state index is 5.54. The molecule has 1 aliphatic heterocycles. The van der Waals surface area contributed by atoms with Crippen molar-refractivity contribution in [2.45, 2.75) is 44.8 Å². The van der Waals surface area contributed by atoms with Crippen molar-refractivity contribution in [2.75, 3.05) is 13.2 Å². The Morgan fingerprint density at radius 2 is 2.31 bits per heavy atom. The lowest BCUT2D eigenvalue weighted by Crippen LogP contribution is -2.22. The maximum absolute atomic E-state index is 5.54. The molecule has 1 rings (SSSR count). The zero-order chi connectivity index (χ0) is 9.36. The average Bonchev–Trinajstić information content (AvgIpc) is 2.19. The molecule has 1 fully saturated rings. The summed E-state index contributed by atoms with van der Waals surface area (Å²) in [4.78, 5) is 0. The lowest BCUT2D eigenvalue weighted by molar-refractivity contribution is -0.162. The van der Waals surface area contributed by atoms with E-state index in [1.807, 2.05) is 0 Å². The van der Waals surface area contributed by atoms with Crippen LogP contribution in [0.5, 0.6) is 0 Å². The first-order valence-electron chi connectivity index (χ1n) is 5.10. The van der Waals surface area contributed by atoms with E-state index in [1.54, 1.807) is 0 Å². The zero-order valence-electron chi connectivity index (χ0n) is 8.13. The van der Waals surface area contributed by atoms with Gasteiger partial charge in [-0.1, -0.05) is 0 Å². The smallest absolute Gasteiger partial charge is 0.157 e. The minimum atomic E-state index is 0.0552. The van der Waals surface area contributed by atoms with Gasteiger partial charge in [0.25, 0.3) is 0 Å². The third-order valence-electron chi connectivity index (χ3n) is 2.16. The van der Waals surface area contributed by atoms with Gasteiger partial charge in [-0.25, -0.2) is 0 Å². The highest BCUT2D eigenvalue weighted by Gasteiger charge is 2.12. The van der Waals surface area contributed by atoms with E-state index in [4.69, 9.17) is 15.9 Å². The van der Waals surface area contributed by atoms with Crippen LogP contribution in [0.4, 0.5) is 0 Å². The Morgan fingerprint density at radius 3 is 3.00 bits per heavy atom. The fraction of sp³-hybridized carbons (Fsp3) is 0.818. The molecular formula is C11H18O2. The highest BCUT2D eigenvalue weighted by Crippen LogP contribution is 2.13. The van der Waals surface area contributed by atoms with E-state index in [-0.39, 0.29) is 6.29 Å². The summed E-state index contributed by atoms with van der Waals surface area (Å²) >= 11 is 0. The molecule has 1 atom stereocenters. The van der Waals surface area contributed by atoms with Crippen molar-refractivity contribution in [3.05, 3.63) is 0 Å². The predicted molar refractivity (Wildman–Crippen MR) is 52.2 cm³/mol. The second-order valence-corrected chi connectivity index (χ2v) is 3.33. The van der Waals surface area contributed by atoms with Crippen LogP contribution in [0.2, 0.25) is 0 Å². The van der Waals surface area contributed by atoms with Gasteiger partial charge in [-0.05, 0) is 32.1 Å². The van der Waals surface area contributed by atoms with Gasteiger partial charge in [0.05, 0.1) is 0 Å². The first kappa shape index (κ1) is 10.6. The molecule has 0 aromatic carbocycles. The molecule has 2 nitrogen and oxygen atoms in total. The first-order chi connectivity index (χ1) is 6.43. The van der Waals surface area contributed by atoms with Gasteiger partial charge < -0.3 is 9.47 Å². The minimum Gasteiger partial charge on any atom is -0.353 e. The van der Waals surface area contributed by atoms with Crippen molar-refractivity contribution in [1.82, 2.24) is 0 Å². The molecule has 1 saturated heterocycles.